The number of carboxylic acids is 1. The van der Waals surface area contributed by atoms with Gasteiger partial charge in [0, 0.05) is 0 Å². The average Bonchev–Trinajstić information content (AvgIpc) is 2.33. The Hall–Kier alpha value is -1.36. The Morgan fingerprint density at radius 1 is 1.58 bits per heavy atom. The van der Waals surface area contributed by atoms with Crippen molar-refractivity contribution in [1.29, 1.82) is 0 Å². The van der Waals surface area contributed by atoms with Crippen LogP contribution in [0.4, 0.5) is 0 Å². The minimum absolute atomic E-state index is 0.120. The van der Waals surface area contributed by atoms with Gasteiger partial charge in [-0.05, 0) is 17.0 Å². The molecule has 0 fully saturated rings. The molecule has 0 saturated carbocycles. The van der Waals surface area contributed by atoms with Crippen molar-refractivity contribution >= 4 is 23.2 Å². The van der Waals surface area contributed by atoms with E-state index in [1.54, 1.807) is 11.4 Å². The van der Waals surface area contributed by atoms with Crippen LogP contribution in [0.2, 0.25) is 0 Å². The summed E-state index contributed by atoms with van der Waals surface area (Å²) in [5.74, 6) is -1.81. The maximum absolute atomic E-state index is 10.5. The van der Waals surface area contributed by atoms with Gasteiger partial charge in [0.2, 0.25) is 5.91 Å². The zero-order chi connectivity index (χ0) is 9.14. The van der Waals surface area contributed by atoms with Crippen LogP contribution in [0.5, 0.6) is 0 Å². The highest BCUT2D eigenvalue weighted by Gasteiger charge is 2.12. The number of amides is 1. The lowest BCUT2D eigenvalue weighted by molar-refractivity contribution is -0.118. The summed E-state index contributed by atoms with van der Waals surface area (Å²) in [5.41, 5.74) is 7.09. The highest BCUT2D eigenvalue weighted by atomic mass is 32.1. The third-order valence-electron chi connectivity index (χ3n) is 1.29. The second-order valence-corrected chi connectivity index (χ2v) is 3.10. The van der Waals surface area contributed by atoms with Crippen LogP contribution in [-0.2, 0) is 11.2 Å². The maximum atomic E-state index is 10.5. The number of thiophene rings is 1. The largest absolute Gasteiger partial charge is 0.477 e. The first-order valence-corrected chi connectivity index (χ1v) is 4.03. The molecule has 0 bridgehead atoms. The highest BCUT2D eigenvalue weighted by Crippen LogP contribution is 2.16. The Balaban J connectivity index is 2.91. The molecule has 0 atom stereocenters. The van der Waals surface area contributed by atoms with Crippen molar-refractivity contribution in [3.63, 3.8) is 0 Å². The van der Waals surface area contributed by atoms with E-state index in [0.29, 0.717) is 5.56 Å². The van der Waals surface area contributed by atoms with Crippen LogP contribution in [0.15, 0.2) is 11.4 Å². The standard InChI is InChI=1S/C7H6NO3S/c8-5(9)3-4-1-2-12-6(4)7(10)11/h1-2,8H,3H2,(H,10,11). The van der Waals surface area contributed by atoms with Crippen LogP contribution < -0.4 is 5.73 Å². The lowest BCUT2D eigenvalue weighted by Crippen LogP contribution is -2.05. The Morgan fingerprint density at radius 2 is 2.25 bits per heavy atom. The lowest BCUT2D eigenvalue weighted by atomic mass is 10.2. The molecule has 0 spiro atoms. The molecule has 0 saturated heterocycles. The number of aromatic carboxylic acids is 1. The molecular weight excluding hydrogens is 178 g/mol. The molecule has 1 heterocycles. The van der Waals surface area contributed by atoms with Crippen LogP contribution in [0.25, 0.3) is 0 Å². The number of carbonyl (C=O) groups is 2. The third kappa shape index (κ3) is 1.82. The predicted molar refractivity (Wildman–Crippen MR) is 43.1 cm³/mol. The van der Waals surface area contributed by atoms with Crippen molar-refractivity contribution in [3.05, 3.63) is 21.9 Å². The molecule has 1 rings (SSSR count). The van der Waals surface area contributed by atoms with E-state index in [1.165, 1.54) is 0 Å². The molecule has 0 aliphatic heterocycles. The smallest absolute Gasteiger partial charge is 0.346 e. The fraction of sp³-hybridized carbons (Fsp3) is 0.143. The van der Waals surface area contributed by atoms with Gasteiger partial charge >= 0.3 is 5.97 Å². The molecule has 0 aliphatic rings. The number of rotatable bonds is 3. The van der Waals surface area contributed by atoms with E-state index in [2.05, 4.69) is 0 Å². The SMILES string of the molecule is [NH]C(=O)Cc1ccsc1C(=O)O. The van der Waals surface area contributed by atoms with E-state index in [0.717, 1.165) is 11.3 Å². The monoisotopic (exact) mass is 184 g/mol. The normalized spacial score (nSPS) is 9.67. The van der Waals surface area contributed by atoms with Crippen LogP contribution in [-0.4, -0.2) is 17.0 Å². The van der Waals surface area contributed by atoms with Crippen molar-refractivity contribution in [3.8, 4) is 0 Å². The Kier molecular flexibility index (Phi) is 2.44. The van der Waals surface area contributed by atoms with Crippen LogP contribution in [0.1, 0.15) is 15.2 Å². The van der Waals surface area contributed by atoms with E-state index in [9.17, 15) is 9.59 Å². The summed E-state index contributed by atoms with van der Waals surface area (Å²) >= 11 is 1.06. The second-order valence-electron chi connectivity index (χ2n) is 2.18. The zero-order valence-corrected chi connectivity index (χ0v) is 6.85. The van der Waals surface area contributed by atoms with E-state index in [-0.39, 0.29) is 11.3 Å². The van der Waals surface area contributed by atoms with Gasteiger partial charge in [-0.15, -0.1) is 11.3 Å². The molecule has 5 heteroatoms. The Bertz CT molecular complexity index is 318. The molecule has 2 N–H and O–H groups in total. The summed E-state index contributed by atoms with van der Waals surface area (Å²) in [5, 5.41) is 10.2. The molecule has 1 radical (unpaired) electrons. The van der Waals surface area contributed by atoms with Crippen molar-refractivity contribution in [1.82, 2.24) is 5.73 Å². The minimum Gasteiger partial charge on any atom is -0.477 e. The van der Waals surface area contributed by atoms with E-state index >= 15 is 0 Å². The summed E-state index contributed by atoms with van der Waals surface area (Å²) in [6.45, 7) is 0. The number of carboxylic acid groups (broad SMARTS) is 1. The first-order chi connectivity index (χ1) is 5.61. The number of hydrogen-bond acceptors (Lipinski definition) is 3. The molecule has 1 aromatic rings. The van der Waals surface area contributed by atoms with Gasteiger partial charge in [-0.1, -0.05) is 0 Å². The fourth-order valence-electron chi connectivity index (χ4n) is 0.836. The van der Waals surface area contributed by atoms with Gasteiger partial charge in [-0.2, -0.15) is 0 Å². The summed E-state index contributed by atoms with van der Waals surface area (Å²) in [7, 11) is 0. The minimum atomic E-state index is -1.04. The lowest BCUT2D eigenvalue weighted by Gasteiger charge is -1.93. The molecule has 0 aliphatic carbocycles. The summed E-state index contributed by atoms with van der Waals surface area (Å²) in [6.07, 6.45) is -0.120. The molecule has 0 aromatic carbocycles. The topological polar surface area (TPSA) is 78.2 Å². The van der Waals surface area contributed by atoms with Crippen LogP contribution in [0, 0.1) is 0 Å². The second kappa shape index (κ2) is 3.36. The molecule has 4 nitrogen and oxygen atoms in total. The first kappa shape index (κ1) is 8.73. The Labute approximate surface area is 72.6 Å². The van der Waals surface area contributed by atoms with Gasteiger partial charge in [0.1, 0.15) is 4.88 Å². The maximum Gasteiger partial charge on any atom is 0.346 e. The third-order valence-corrected chi connectivity index (χ3v) is 2.24. The Morgan fingerprint density at radius 3 is 2.75 bits per heavy atom. The zero-order valence-electron chi connectivity index (χ0n) is 6.03. The van der Waals surface area contributed by atoms with Gasteiger partial charge in [0.25, 0.3) is 0 Å². The number of nitrogens with one attached hydrogen (secondary N) is 1. The van der Waals surface area contributed by atoms with Gasteiger partial charge < -0.3 is 5.11 Å². The van der Waals surface area contributed by atoms with Crippen molar-refractivity contribution in [2.45, 2.75) is 6.42 Å². The van der Waals surface area contributed by atoms with Crippen LogP contribution in [0.3, 0.4) is 0 Å². The van der Waals surface area contributed by atoms with E-state index < -0.39 is 11.9 Å². The molecule has 1 aromatic heterocycles. The highest BCUT2D eigenvalue weighted by molar-refractivity contribution is 7.12. The first-order valence-electron chi connectivity index (χ1n) is 3.15. The van der Waals surface area contributed by atoms with Gasteiger partial charge in [0.05, 0.1) is 6.42 Å². The quantitative estimate of drug-likeness (QED) is 0.754. The van der Waals surface area contributed by atoms with Gasteiger partial charge in [-0.3, -0.25) is 10.5 Å². The number of carbonyl (C=O) groups excluding carboxylic acids is 1. The van der Waals surface area contributed by atoms with Crippen molar-refractivity contribution in [2.75, 3.05) is 0 Å². The average molecular weight is 184 g/mol. The molecule has 63 valence electrons. The number of hydrogen-bond donors (Lipinski definition) is 1. The summed E-state index contributed by atoms with van der Waals surface area (Å²) in [4.78, 5) is 21.0. The molecular formula is C7H6NO3S. The summed E-state index contributed by atoms with van der Waals surface area (Å²) in [6, 6.07) is 1.56. The van der Waals surface area contributed by atoms with E-state index in [4.69, 9.17) is 10.8 Å². The van der Waals surface area contributed by atoms with Gasteiger partial charge in [0.15, 0.2) is 0 Å². The predicted octanol–water partition coefficient (Wildman–Crippen LogP) is 0.798. The van der Waals surface area contributed by atoms with Crippen molar-refractivity contribution < 1.29 is 14.7 Å². The molecule has 0 unspecified atom stereocenters. The van der Waals surface area contributed by atoms with E-state index in [1.807, 2.05) is 0 Å². The van der Waals surface area contributed by atoms with Gasteiger partial charge in [-0.25, -0.2) is 4.79 Å². The summed E-state index contributed by atoms with van der Waals surface area (Å²) < 4.78 is 0. The fourth-order valence-corrected chi connectivity index (χ4v) is 1.60. The van der Waals surface area contributed by atoms with Crippen molar-refractivity contribution in [2.24, 2.45) is 0 Å². The molecule has 1 amide bonds. The molecule has 12 heavy (non-hydrogen) atoms. The van der Waals surface area contributed by atoms with Crippen LogP contribution >= 0.6 is 11.3 Å².